The molecule has 2 aliphatic heterocycles. The standard InChI is InChI=1S/C21H23N3O4S/c25-19(16-5-2-13-29-16)17-18(15-4-1-6-22-14-15)24(21(27)20(17)26)8-3-7-23-9-11-28-12-10-23/h1-2,4-6,13-14,18,26H,3,7-12H2. The first-order chi connectivity index (χ1) is 14.2. The van der Waals surface area contributed by atoms with Crippen molar-refractivity contribution in [3.63, 3.8) is 0 Å². The predicted molar refractivity (Wildman–Crippen MR) is 105 cm³/mol. The average molecular weight is 413 g/mol. The third-order valence-electron chi connectivity index (χ3n) is 5.40. The summed E-state index contributed by atoms with van der Waals surface area (Å²) in [4.78, 5) is 33.4. The lowest BCUT2D eigenvalue weighted by atomic mass is 9.96. The average Bonchev–Trinajstić information content (AvgIpc) is 3.38. The molecule has 0 radical (unpaired) electrons. The minimum absolute atomic E-state index is 0.0316. The minimum Gasteiger partial charge on any atom is -0.868 e. The highest BCUT2D eigenvalue weighted by molar-refractivity contribution is 7.12. The Kier molecular flexibility index (Phi) is 6.03. The van der Waals surface area contributed by atoms with Crippen molar-refractivity contribution < 1.29 is 24.3 Å². The normalized spacial score (nSPS) is 20.5. The lowest BCUT2D eigenvalue weighted by molar-refractivity contribution is -0.908. The van der Waals surface area contributed by atoms with E-state index in [2.05, 4.69) is 4.98 Å². The van der Waals surface area contributed by atoms with E-state index in [1.54, 1.807) is 40.9 Å². The van der Waals surface area contributed by atoms with Crippen LogP contribution in [0.4, 0.5) is 0 Å². The zero-order valence-electron chi connectivity index (χ0n) is 16.0. The van der Waals surface area contributed by atoms with Crippen LogP contribution in [0.5, 0.6) is 0 Å². The van der Waals surface area contributed by atoms with Gasteiger partial charge in [-0.25, -0.2) is 0 Å². The highest BCUT2D eigenvalue weighted by atomic mass is 32.1. The van der Waals surface area contributed by atoms with Gasteiger partial charge in [-0.1, -0.05) is 12.1 Å². The monoisotopic (exact) mass is 413 g/mol. The lowest BCUT2D eigenvalue weighted by Gasteiger charge is -2.29. The summed E-state index contributed by atoms with van der Waals surface area (Å²) < 4.78 is 5.38. The van der Waals surface area contributed by atoms with E-state index in [0.717, 1.165) is 39.3 Å². The maximum atomic E-state index is 13.0. The molecule has 1 amide bonds. The molecule has 4 heterocycles. The summed E-state index contributed by atoms with van der Waals surface area (Å²) in [6.07, 6.45) is 4.01. The number of carbonyl (C=O) groups is 2. The summed E-state index contributed by atoms with van der Waals surface area (Å²) in [5, 5.41) is 14.6. The first-order valence-corrected chi connectivity index (χ1v) is 10.7. The Morgan fingerprint density at radius 1 is 1.31 bits per heavy atom. The maximum Gasteiger partial charge on any atom is 0.239 e. The highest BCUT2D eigenvalue weighted by Gasteiger charge is 2.39. The van der Waals surface area contributed by atoms with Crippen LogP contribution >= 0.6 is 11.3 Å². The number of aromatic nitrogens is 1. The first-order valence-electron chi connectivity index (χ1n) is 9.78. The Morgan fingerprint density at radius 3 is 2.83 bits per heavy atom. The van der Waals surface area contributed by atoms with E-state index in [0.29, 0.717) is 17.0 Å². The number of Topliss-reactive ketones (excluding diaryl/α,β-unsaturated/α-hetero) is 1. The van der Waals surface area contributed by atoms with Gasteiger partial charge in [0.25, 0.3) is 0 Å². The van der Waals surface area contributed by atoms with E-state index in [1.807, 2.05) is 6.07 Å². The maximum absolute atomic E-state index is 13.0. The van der Waals surface area contributed by atoms with Crippen molar-refractivity contribution in [2.75, 3.05) is 39.4 Å². The van der Waals surface area contributed by atoms with Gasteiger partial charge in [-0.2, -0.15) is 0 Å². The molecule has 0 aromatic carbocycles. The molecule has 0 bridgehead atoms. The molecule has 4 rings (SSSR count). The second-order valence-corrected chi connectivity index (χ2v) is 8.15. The van der Waals surface area contributed by atoms with Gasteiger partial charge in [0.05, 0.1) is 30.7 Å². The molecule has 1 fully saturated rings. The molecule has 0 saturated carbocycles. The number of hydrogen-bond donors (Lipinski definition) is 1. The van der Waals surface area contributed by atoms with Gasteiger partial charge in [-0.3, -0.25) is 14.6 Å². The van der Waals surface area contributed by atoms with Crippen molar-refractivity contribution in [2.45, 2.75) is 12.5 Å². The Labute approximate surface area is 173 Å². The van der Waals surface area contributed by atoms with Crippen LogP contribution in [0.2, 0.25) is 0 Å². The molecule has 1 saturated heterocycles. The number of ketones is 1. The summed E-state index contributed by atoms with van der Waals surface area (Å²) in [6.45, 7) is 4.73. The van der Waals surface area contributed by atoms with Crippen LogP contribution in [0.25, 0.3) is 0 Å². The second-order valence-electron chi connectivity index (χ2n) is 7.20. The quantitative estimate of drug-likeness (QED) is 0.637. The number of nitrogens with zero attached hydrogens (tertiary/aromatic N) is 2. The van der Waals surface area contributed by atoms with Gasteiger partial charge in [0, 0.05) is 30.9 Å². The number of hydrogen-bond acceptors (Lipinski definition) is 6. The predicted octanol–water partition coefficient (Wildman–Crippen LogP) is -0.171. The molecular formula is C21H23N3O4S. The molecule has 1 atom stereocenters. The highest BCUT2D eigenvalue weighted by Crippen LogP contribution is 2.38. The number of ether oxygens (including phenoxy) is 1. The second kappa shape index (κ2) is 8.86. The fourth-order valence-corrected chi connectivity index (χ4v) is 4.61. The summed E-state index contributed by atoms with van der Waals surface area (Å²) in [7, 11) is 0. The molecule has 8 heteroatoms. The van der Waals surface area contributed by atoms with Crippen LogP contribution in [0.15, 0.2) is 53.4 Å². The van der Waals surface area contributed by atoms with E-state index in [1.165, 1.54) is 16.2 Å². The van der Waals surface area contributed by atoms with E-state index in [4.69, 9.17) is 4.74 Å². The van der Waals surface area contributed by atoms with Gasteiger partial charge in [-0.05, 0) is 28.8 Å². The van der Waals surface area contributed by atoms with Crippen LogP contribution in [-0.4, -0.2) is 61.0 Å². The van der Waals surface area contributed by atoms with E-state index < -0.39 is 17.7 Å². The number of thiophene rings is 1. The molecule has 0 spiro atoms. The molecule has 7 nitrogen and oxygen atoms in total. The van der Waals surface area contributed by atoms with Crippen molar-refractivity contribution in [3.05, 3.63) is 63.8 Å². The summed E-state index contributed by atoms with van der Waals surface area (Å²) in [5.41, 5.74) is 0.717. The number of rotatable bonds is 7. The van der Waals surface area contributed by atoms with Crippen molar-refractivity contribution >= 4 is 23.0 Å². The number of amides is 1. The fraction of sp³-hybridized carbons (Fsp3) is 0.381. The molecule has 2 aliphatic rings. The van der Waals surface area contributed by atoms with Crippen LogP contribution in [0, 0.1) is 0 Å². The molecule has 2 aromatic heterocycles. The van der Waals surface area contributed by atoms with Crippen molar-refractivity contribution in [1.82, 2.24) is 9.88 Å². The fourth-order valence-electron chi connectivity index (χ4n) is 3.94. The largest absolute Gasteiger partial charge is 0.868 e. The van der Waals surface area contributed by atoms with Crippen molar-refractivity contribution in [1.29, 1.82) is 0 Å². The van der Waals surface area contributed by atoms with E-state index >= 15 is 0 Å². The number of pyridine rings is 1. The summed E-state index contributed by atoms with van der Waals surface area (Å²) in [6, 6.07) is 6.33. The molecule has 152 valence electrons. The first kappa shape index (κ1) is 19.8. The zero-order valence-corrected chi connectivity index (χ0v) is 16.8. The van der Waals surface area contributed by atoms with Gasteiger partial charge in [0.2, 0.25) is 11.7 Å². The SMILES string of the molecule is O=C(C1=C([O-])C(=O)N(CCC[NH+]2CCOCC2)C1c1cccnc1)c1cccs1. The molecular weight excluding hydrogens is 390 g/mol. The van der Waals surface area contributed by atoms with Crippen molar-refractivity contribution in [2.24, 2.45) is 0 Å². The number of carbonyl (C=O) groups excluding carboxylic acids is 2. The molecule has 1 N–H and O–H groups in total. The van der Waals surface area contributed by atoms with Crippen molar-refractivity contribution in [3.8, 4) is 0 Å². The molecule has 2 aromatic rings. The third-order valence-corrected chi connectivity index (χ3v) is 6.27. The Hall–Kier alpha value is -2.55. The number of morpholine rings is 1. The Morgan fingerprint density at radius 2 is 2.14 bits per heavy atom. The van der Waals surface area contributed by atoms with Crippen LogP contribution in [0.1, 0.15) is 27.7 Å². The molecule has 0 aliphatic carbocycles. The Balaban J connectivity index is 1.57. The van der Waals surface area contributed by atoms with Gasteiger partial charge >= 0.3 is 0 Å². The number of quaternary nitrogens is 1. The summed E-state index contributed by atoms with van der Waals surface area (Å²) >= 11 is 1.27. The third kappa shape index (κ3) is 4.10. The van der Waals surface area contributed by atoms with E-state index in [9.17, 15) is 14.7 Å². The van der Waals surface area contributed by atoms with Gasteiger partial charge in [0.15, 0.2) is 0 Å². The summed E-state index contributed by atoms with van der Waals surface area (Å²) in [5.74, 6) is -1.67. The zero-order chi connectivity index (χ0) is 20.2. The van der Waals surface area contributed by atoms with Crippen LogP contribution in [-0.2, 0) is 9.53 Å². The van der Waals surface area contributed by atoms with E-state index in [-0.39, 0.29) is 11.4 Å². The lowest BCUT2D eigenvalue weighted by Crippen LogP contribution is -3.14. The van der Waals surface area contributed by atoms with Gasteiger partial charge in [-0.15, -0.1) is 11.3 Å². The Bertz CT molecular complexity index is 892. The van der Waals surface area contributed by atoms with Crippen LogP contribution < -0.4 is 10.0 Å². The van der Waals surface area contributed by atoms with Crippen LogP contribution in [0.3, 0.4) is 0 Å². The molecule has 1 unspecified atom stereocenters. The molecule has 29 heavy (non-hydrogen) atoms. The minimum atomic E-state index is -0.698. The van der Waals surface area contributed by atoms with Gasteiger partial charge in [0.1, 0.15) is 13.1 Å². The number of nitrogens with one attached hydrogen (secondary N) is 1. The topological polar surface area (TPSA) is 87.0 Å². The smallest absolute Gasteiger partial charge is 0.239 e. The van der Waals surface area contributed by atoms with Gasteiger partial charge < -0.3 is 19.6 Å².